The minimum Gasteiger partial charge on any atom is -0.358 e. The van der Waals surface area contributed by atoms with Crippen LogP contribution in [0.5, 0.6) is 0 Å². The number of anilines is 1. The fourth-order valence-corrected chi connectivity index (χ4v) is 2.96. The Kier molecular flexibility index (Phi) is 2.23. The van der Waals surface area contributed by atoms with Gasteiger partial charge in [0.2, 0.25) is 0 Å². The third-order valence-electron chi connectivity index (χ3n) is 4.06. The van der Waals surface area contributed by atoms with Crippen LogP contribution in [0.4, 0.5) is 14.5 Å². The van der Waals surface area contributed by atoms with Gasteiger partial charge in [-0.3, -0.25) is 4.99 Å². The number of aryl methyl sites for hydroxylation is 1. The van der Waals surface area contributed by atoms with E-state index in [2.05, 4.69) is 14.5 Å². The fourth-order valence-electron chi connectivity index (χ4n) is 2.96. The smallest absolute Gasteiger partial charge is 0.282 e. The van der Waals surface area contributed by atoms with Crippen molar-refractivity contribution < 1.29 is 8.78 Å². The molecule has 0 aliphatic carbocycles. The summed E-state index contributed by atoms with van der Waals surface area (Å²) in [7, 11) is 0. The van der Waals surface area contributed by atoms with Gasteiger partial charge >= 0.3 is 0 Å². The Morgan fingerprint density at radius 1 is 1.30 bits per heavy atom. The molecule has 2 aliphatic heterocycles. The highest BCUT2D eigenvalue weighted by molar-refractivity contribution is 5.94. The quantitative estimate of drug-likeness (QED) is 0.800. The zero-order valence-corrected chi connectivity index (χ0v) is 11.1. The van der Waals surface area contributed by atoms with Crippen molar-refractivity contribution in [1.29, 1.82) is 0 Å². The molecule has 0 radical (unpaired) electrons. The molecular formula is C14H14F2N4. The molecule has 0 unspecified atom stereocenters. The predicted octanol–water partition coefficient (Wildman–Crippen LogP) is 2.23. The summed E-state index contributed by atoms with van der Waals surface area (Å²) in [6.07, 6.45) is 3.56. The summed E-state index contributed by atoms with van der Waals surface area (Å²) < 4.78 is 28.1. The van der Waals surface area contributed by atoms with E-state index in [9.17, 15) is 8.78 Å². The van der Waals surface area contributed by atoms with Crippen molar-refractivity contribution in [2.45, 2.75) is 19.4 Å². The first-order chi connectivity index (χ1) is 9.55. The first-order valence-corrected chi connectivity index (χ1v) is 6.67. The number of aliphatic imine (C=N–C) groups is 1. The van der Waals surface area contributed by atoms with Crippen molar-refractivity contribution in [3.8, 4) is 0 Å². The molecular weight excluding hydrogens is 262 g/mol. The molecule has 1 fully saturated rings. The summed E-state index contributed by atoms with van der Waals surface area (Å²) >= 11 is 0. The minimum absolute atomic E-state index is 0.214. The van der Waals surface area contributed by atoms with Crippen molar-refractivity contribution >= 4 is 22.9 Å². The number of nitrogens with zero attached hydrogens (tertiary/aromatic N) is 4. The van der Waals surface area contributed by atoms with Crippen molar-refractivity contribution in [2.75, 3.05) is 24.5 Å². The molecule has 104 valence electrons. The first kappa shape index (κ1) is 11.8. The highest BCUT2D eigenvalue weighted by Crippen LogP contribution is 2.34. The topological polar surface area (TPSA) is 33.4 Å². The van der Waals surface area contributed by atoms with Crippen LogP contribution >= 0.6 is 0 Å². The van der Waals surface area contributed by atoms with Gasteiger partial charge in [0.1, 0.15) is 5.65 Å². The molecule has 0 N–H and O–H groups in total. The van der Waals surface area contributed by atoms with E-state index >= 15 is 0 Å². The summed E-state index contributed by atoms with van der Waals surface area (Å²) in [5.74, 6) is -2.56. The molecule has 2 aromatic rings. The SMILES string of the molecule is Cc1c2n(c3ncc(N4CC(F)(F)C4)cc13)CCN=C2. The molecule has 4 nitrogen and oxygen atoms in total. The third kappa shape index (κ3) is 1.57. The Morgan fingerprint density at radius 3 is 2.85 bits per heavy atom. The van der Waals surface area contributed by atoms with Crippen molar-refractivity contribution in [2.24, 2.45) is 4.99 Å². The van der Waals surface area contributed by atoms with Crippen LogP contribution in [-0.2, 0) is 6.54 Å². The Morgan fingerprint density at radius 2 is 2.10 bits per heavy atom. The number of halogens is 2. The highest BCUT2D eigenvalue weighted by Gasteiger charge is 2.44. The fraction of sp³-hybridized carbons (Fsp3) is 0.429. The molecule has 2 aliphatic rings. The standard InChI is InChI=1S/C14H14F2N4/c1-9-11-4-10(19-7-14(15,16)8-19)5-18-13(11)20-3-2-17-6-12(9)20/h4-6H,2-3,7-8H2,1H3. The molecule has 4 heterocycles. The summed E-state index contributed by atoms with van der Waals surface area (Å²) in [4.78, 5) is 10.4. The van der Waals surface area contributed by atoms with Crippen LogP contribution in [0.3, 0.4) is 0 Å². The maximum atomic E-state index is 13.0. The van der Waals surface area contributed by atoms with E-state index in [1.54, 1.807) is 11.1 Å². The van der Waals surface area contributed by atoms with Crippen LogP contribution in [0.25, 0.3) is 11.0 Å². The molecule has 0 amide bonds. The second-order valence-corrected chi connectivity index (χ2v) is 5.47. The number of alkyl halides is 2. The summed E-state index contributed by atoms with van der Waals surface area (Å²) in [5.41, 5.74) is 3.88. The van der Waals surface area contributed by atoms with E-state index < -0.39 is 5.92 Å². The second-order valence-electron chi connectivity index (χ2n) is 5.47. The van der Waals surface area contributed by atoms with Gasteiger partial charge in [-0.1, -0.05) is 0 Å². The molecule has 0 aromatic carbocycles. The lowest BCUT2D eigenvalue weighted by Gasteiger charge is -2.40. The second kappa shape index (κ2) is 3.77. The van der Waals surface area contributed by atoms with E-state index in [1.165, 1.54) is 0 Å². The molecule has 2 aromatic heterocycles. The van der Waals surface area contributed by atoms with Crippen LogP contribution in [0.1, 0.15) is 11.3 Å². The predicted molar refractivity (Wildman–Crippen MR) is 74.1 cm³/mol. The van der Waals surface area contributed by atoms with E-state index in [0.29, 0.717) is 0 Å². The Bertz CT molecular complexity index is 724. The van der Waals surface area contributed by atoms with E-state index in [-0.39, 0.29) is 13.1 Å². The molecule has 0 saturated carbocycles. The van der Waals surface area contributed by atoms with Crippen molar-refractivity contribution in [1.82, 2.24) is 9.55 Å². The Labute approximate surface area is 114 Å². The lowest BCUT2D eigenvalue weighted by Crippen LogP contribution is -2.56. The molecule has 20 heavy (non-hydrogen) atoms. The number of hydrogen-bond donors (Lipinski definition) is 0. The zero-order valence-electron chi connectivity index (χ0n) is 11.1. The van der Waals surface area contributed by atoms with Gasteiger partial charge in [-0.25, -0.2) is 13.8 Å². The first-order valence-electron chi connectivity index (χ1n) is 6.67. The van der Waals surface area contributed by atoms with Gasteiger partial charge in [0.05, 0.1) is 37.2 Å². The van der Waals surface area contributed by atoms with Gasteiger partial charge < -0.3 is 9.47 Å². The van der Waals surface area contributed by atoms with Crippen LogP contribution in [0.15, 0.2) is 17.3 Å². The minimum atomic E-state index is -2.56. The largest absolute Gasteiger partial charge is 0.358 e. The van der Waals surface area contributed by atoms with Gasteiger partial charge in [0.15, 0.2) is 0 Å². The van der Waals surface area contributed by atoms with Crippen LogP contribution in [-0.4, -0.2) is 41.3 Å². The summed E-state index contributed by atoms with van der Waals surface area (Å²) in [5, 5.41) is 1.03. The molecule has 0 spiro atoms. The zero-order chi connectivity index (χ0) is 13.9. The average molecular weight is 276 g/mol. The number of rotatable bonds is 1. The van der Waals surface area contributed by atoms with E-state index in [1.807, 2.05) is 19.2 Å². The van der Waals surface area contributed by atoms with E-state index in [0.717, 1.165) is 41.1 Å². The van der Waals surface area contributed by atoms with E-state index in [4.69, 9.17) is 0 Å². The third-order valence-corrected chi connectivity index (χ3v) is 4.06. The van der Waals surface area contributed by atoms with Gasteiger partial charge in [-0.2, -0.15) is 0 Å². The number of fused-ring (bicyclic) bond motifs is 3. The summed E-state index contributed by atoms with van der Waals surface area (Å²) in [6.45, 7) is 3.19. The maximum absolute atomic E-state index is 13.0. The molecule has 1 saturated heterocycles. The summed E-state index contributed by atoms with van der Waals surface area (Å²) in [6, 6.07) is 1.96. The number of pyridine rings is 1. The molecule has 0 atom stereocenters. The highest BCUT2D eigenvalue weighted by atomic mass is 19.3. The van der Waals surface area contributed by atoms with Crippen LogP contribution < -0.4 is 4.90 Å². The Hall–Kier alpha value is -1.98. The average Bonchev–Trinajstić information content (AvgIpc) is 2.70. The molecule has 0 bridgehead atoms. The normalized spacial score (nSPS) is 20.1. The van der Waals surface area contributed by atoms with Gasteiger partial charge in [0.25, 0.3) is 5.92 Å². The molecule has 4 rings (SSSR count). The van der Waals surface area contributed by atoms with Crippen LogP contribution in [0, 0.1) is 6.92 Å². The number of hydrogen-bond acceptors (Lipinski definition) is 3. The lowest BCUT2D eigenvalue weighted by molar-refractivity contribution is -0.0262. The molecule has 6 heteroatoms. The maximum Gasteiger partial charge on any atom is 0.282 e. The van der Waals surface area contributed by atoms with Crippen LogP contribution in [0.2, 0.25) is 0 Å². The lowest BCUT2D eigenvalue weighted by atomic mass is 10.1. The Balaban J connectivity index is 1.81. The van der Waals surface area contributed by atoms with Crippen molar-refractivity contribution in [3.05, 3.63) is 23.5 Å². The van der Waals surface area contributed by atoms with Crippen molar-refractivity contribution in [3.63, 3.8) is 0 Å². The number of aromatic nitrogens is 2. The van der Waals surface area contributed by atoms with Gasteiger partial charge in [-0.05, 0) is 18.6 Å². The monoisotopic (exact) mass is 276 g/mol. The van der Waals surface area contributed by atoms with Gasteiger partial charge in [-0.15, -0.1) is 0 Å². The van der Waals surface area contributed by atoms with Gasteiger partial charge in [0, 0.05) is 18.1 Å².